The van der Waals surface area contributed by atoms with Gasteiger partial charge in [0, 0.05) is 17.4 Å². The molecule has 3 heterocycles. The highest BCUT2D eigenvalue weighted by molar-refractivity contribution is 7.98. The van der Waals surface area contributed by atoms with Crippen molar-refractivity contribution in [2.75, 3.05) is 0 Å². The molecule has 1 N–H and O–H groups in total. The molecule has 0 atom stereocenters. The van der Waals surface area contributed by atoms with E-state index in [9.17, 15) is 9.18 Å². The Morgan fingerprint density at radius 3 is 2.59 bits per heavy atom. The summed E-state index contributed by atoms with van der Waals surface area (Å²) in [6.45, 7) is 3.88. The van der Waals surface area contributed by atoms with E-state index in [2.05, 4.69) is 4.98 Å². The van der Waals surface area contributed by atoms with E-state index in [1.807, 2.05) is 62.6 Å². The topological polar surface area (TPSA) is 54.0 Å². The molecular formula is C25H20FN4OS3+. The molecule has 34 heavy (non-hydrogen) atoms. The molecule has 0 radical (unpaired) electrons. The minimum absolute atomic E-state index is 0.223. The van der Waals surface area contributed by atoms with Crippen LogP contribution in [0.2, 0.25) is 0 Å². The number of hydrogen-bond acceptors (Lipinski definition) is 5. The Morgan fingerprint density at radius 2 is 1.85 bits per heavy atom. The van der Waals surface area contributed by atoms with Crippen LogP contribution in [-0.2, 0) is 5.75 Å². The van der Waals surface area contributed by atoms with Crippen LogP contribution in [0, 0.1) is 23.6 Å². The van der Waals surface area contributed by atoms with Gasteiger partial charge in [-0.25, -0.2) is 14.4 Å². The SMILES string of the molecule is Cc1ccc(-n2c(SCc3ccc[nH+]c3)nc3c(sc(=S)n3-c3cc(C)ccc3F)c2=O)cc1. The largest absolute Gasteiger partial charge is 0.278 e. The molecule has 9 heteroatoms. The van der Waals surface area contributed by atoms with Crippen LogP contribution in [-0.4, -0.2) is 14.1 Å². The number of halogens is 1. The van der Waals surface area contributed by atoms with Crippen molar-refractivity contribution < 1.29 is 9.37 Å². The highest BCUT2D eigenvalue weighted by Crippen LogP contribution is 2.30. The number of aryl methyl sites for hydroxylation is 2. The Morgan fingerprint density at radius 1 is 1.09 bits per heavy atom. The summed E-state index contributed by atoms with van der Waals surface area (Å²) in [4.78, 5) is 21.7. The second kappa shape index (κ2) is 9.25. The van der Waals surface area contributed by atoms with Crippen LogP contribution in [0.15, 0.2) is 76.9 Å². The number of thioether (sulfide) groups is 1. The minimum Gasteiger partial charge on any atom is -0.272 e. The Bertz CT molecular complexity index is 1620. The van der Waals surface area contributed by atoms with Gasteiger partial charge in [0.2, 0.25) is 0 Å². The maximum atomic E-state index is 14.8. The number of fused-ring (bicyclic) bond motifs is 1. The first-order valence-electron chi connectivity index (χ1n) is 10.5. The van der Waals surface area contributed by atoms with Gasteiger partial charge in [-0.1, -0.05) is 46.9 Å². The van der Waals surface area contributed by atoms with E-state index in [0.717, 1.165) is 33.7 Å². The lowest BCUT2D eigenvalue weighted by Gasteiger charge is -2.13. The molecule has 0 saturated carbocycles. The highest BCUT2D eigenvalue weighted by atomic mass is 32.2. The molecule has 5 nitrogen and oxygen atoms in total. The van der Waals surface area contributed by atoms with Crippen molar-refractivity contribution in [3.05, 3.63) is 104 Å². The molecule has 0 aliphatic carbocycles. The fraction of sp³-hybridized carbons (Fsp3) is 0.120. The first-order chi connectivity index (χ1) is 16.4. The summed E-state index contributed by atoms with van der Waals surface area (Å²) < 4.78 is 18.8. The predicted octanol–water partition coefficient (Wildman–Crippen LogP) is 5.83. The number of H-pyrrole nitrogens is 1. The quantitative estimate of drug-likeness (QED) is 0.171. The minimum atomic E-state index is -0.417. The van der Waals surface area contributed by atoms with Crippen molar-refractivity contribution in [2.24, 2.45) is 0 Å². The van der Waals surface area contributed by atoms with E-state index in [4.69, 9.17) is 17.2 Å². The van der Waals surface area contributed by atoms with Crippen molar-refractivity contribution in [1.29, 1.82) is 0 Å². The van der Waals surface area contributed by atoms with Crippen molar-refractivity contribution in [3.8, 4) is 11.4 Å². The molecule has 0 fully saturated rings. The van der Waals surface area contributed by atoms with E-state index >= 15 is 0 Å². The molecule has 0 amide bonds. The number of thiazole rings is 1. The van der Waals surface area contributed by atoms with Gasteiger partial charge in [0.15, 0.2) is 27.2 Å². The standard InChI is InChI=1S/C25H19FN4OS3/c1-15-5-8-18(9-6-15)29-23(31)21-22(28-24(29)33-14-17-4-3-11-27-13-17)30(25(32)34-21)20-12-16(2)7-10-19(20)26/h3-13H,14H2,1-2H3/p+1. The summed E-state index contributed by atoms with van der Waals surface area (Å²) in [6, 6.07) is 16.5. The summed E-state index contributed by atoms with van der Waals surface area (Å²) in [5.74, 6) is 0.185. The highest BCUT2D eigenvalue weighted by Gasteiger charge is 2.20. The number of hydrogen-bond donors (Lipinski definition) is 0. The van der Waals surface area contributed by atoms with Crippen molar-refractivity contribution in [2.45, 2.75) is 24.8 Å². The molecule has 2 aromatic carbocycles. The number of aromatic amines is 1. The van der Waals surface area contributed by atoms with Crippen LogP contribution in [0.25, 0.3) is 21.7 Å². The monoisotopic (exact) mass is 507 g/mol. The van der Waals surface area contributed by atoms with Gasteiger partial charge in [0.1, 0.15) is 10.5 Å². The summed E-state index contributed by atoms with van der Waals surface area (Å²) in [5.41, 5.74) is 4.21. The van der Waals surface area contributed by atoms with Crippen LogP contribution < -0.4 is 10.5 Å². The average Bonchev–Trinajstić information content (AvgIpc) is 3.17. The first kappa shape index (κ1) is 22.6. The Labute approximate surface area is 208 Å². The number of pyridine rings is 1. The van der Waals surface area contributed by atoms with E-state index in [-0.39, 0.29) is 5.56 Å². The van der Waals surface area contributed by atoms with Crippen LogP contribution in [0.4, 0.5) is 4.39 Å². The smallest absolute Gasteiger partial charge is 0.272 e. The van der Waals surface area contributed by atoms with Crippen molar-refractivity contribution in [1.82, 2.24) is 14.1 Å². The van der Waals surface area contributed by atoms with E-state index < -0.39 is 5.82 Å². The number of nitrogens with zero attached hydrogens (tertiary/aromatic N) is 3. The second-order valence-electron chi connectivity index (χ2n) is 7.88. The molecule has 0 unspecified atom stereocenters. The van der Waals surface area contributed by atoms with E-state index in [1.54, 1.807) is 21.3 Å². The van der Waals surface area contributed by atoms with Crippen LogP contribution in [0.3, 0.4) is 0 Å². The normalized spacial score (nSPS) is 11.3. The lowest BCUT2D eigenvalue weighted by atomic mass is 10.2. The van der Waals surface area contributed by atoms with E-state index in [0.29, 0.717) is 30.9 Å². The number of benzene rings is 2. The third-order valence-corrected chi connectivity index (χ3v) is 7.71. The third-order valence-electron chi connectivity index (χ3n) is 5.35. The fourth-order valence-electron chi connectivity index (χ4n) is 3.63. The molecule has 5 rings (SSSR count). The van der Waals surface area contributed by atoms with Gasteiger partial charge in [-0.15, -0.1) is 0 Å². The Hall–Kier alpha value is -3.14. The number of aromatic nitrogens is 4. The summed E-state index contributed by atoms with van der Waals surface area (Å²) in [6.07, 6.45) is 3.75. The van der Waals surface area contributed by atoms with Gasteiger partial charge >= 0.3 is 0 Å². The van der Waals surface area contributed by atoms with E-state index in [1.165, 1.54) is 17.8 Å². The van der Waals surface area contributed by atoms with Crippen LogP contribution in [0.5, 0.6) is 0 Å². The first-order valence-corrected chi connectivity index (χ1v) is 12.7. The van der Waals surface area contributed by atoms with Gasteiger partial charge in [-0.05, 0) is 62.0 Å². The van der Waals surface area contributed by atoms with Crippen LogP contribution >= 0.6 is 35.3 Å². The van der Waals surface area contributed by atoms with Gasteiger partial charge in [0.05, 0.1) is 11.4 Å². The lowest BCUT2D eigenvalue weighted by Crippen LogP contribution is -2.21. The molecule has 0 bridgehead atoms. The van der Waals surface area contributed by atoms with Gasteiger partial charge < -0.3 is 0 Å². The molecule has 0 aliphatic heterocycles. The zero-order valence-electron chi connectivity index (χ0n) is 18.4. The maximum absolute atomic E-state index is 14.8. The Kier molecular flexibility index (Phi) is 6.16. The zero-order valence-corrected chi connectivity index (χ0v) is 20.9. The molecule has 3 aromatic heterocycles. The number of rotatable bonds is 5. The third kappa shape index (κ3) is 4.22. The van der Waals surface area contributed by atoms with Crippen molar-refractivity contribution in [3.63, 3.8) is 0 Å². The number of nitrogens with one attached hydrogen (secondary N) is 1. The summed E-state index contributed by atoms with van der Waals surface area (Å²) in [7, 11) is 0. The lowest BCUT2D eigenvalue weighted by molar-refractivity contribution is -0.378. The predicted molar refractivity (Wildman–Crippen MR) is 137 cm³/mol. The molecule has 170 valence electrons. The van der Waals surface area contributed by atoms with Crippen LogP contribution in [0.1, 0.15) is 16.7 Å². The fourth-order valence-corrected chi connectivity index (χ4v) is 5.86. The Balaban J connectivity index is 1.76. The summed E-state index contributed by atoms with van der Waals surface area (Å²) >= 11 is 8.17. The summed E-state index contributed by atoms with van der Waals surface area (Å²) in [5, 5.41) is 0.514. The molecule has 0 aliphatic rings. The average molecular weight is 508 g/mol. The maximum Gasteiger partial charge on any atom is 0.278 e. The second-order valence-corrected chi connectivity index (χ2v) is 10.5. The molecule has 0 spiro atoms. The molecule has 5 aromatic rings. The van der Waals surface area contributed by atoms with Gasteiger partial charge in [-0.3, -0.25) is 13.9 Å². The van der Waals surface area contributed by atoms with Gasteiger partial charge in [0.25, 0.3) is 5.56 Å². The zero-order chi connectivity index (χ0) is 23.8. The molecule has 0 saturated heterocycles. The van der Waals surface area contributed by atoms with Gasteiger partial charge in [-0.2, -0.15) is 0 Å². The molecular weight excluding hydrogens is 488 g/mol. The van der Waals surface area contributed by atoms with Crippen molar-refractivity contribution >= 4 is 45.7 Å².